The van der Waals surface area contributed by atoms with E-state index < -0.39 is 41.7 Å². The number of carbonyl (C=O) groups is 1. The Kier molecular flexibility index (Phi) is 5.92. The molecule has 0 fully saturated rings. The maximum absolute atomic E-state index is 14.4. The summed E-state index contributed by atoms with van der Waals surface area (Å²) in [7, 11) is 1.24. The van der Waals surface area contributed by atoms with Crippen LogP contribution >= 0.6 is 0 Å². The minimum Gasteiger partial charge on any atom is -0.403 e. The highest BCUT2D eigenvalue weighted by Gasteiger charge is 2.31. The third-order valence-corrected chi connectivity index (χ3v) is 4.07. The Labute approximate surface area is 162 Å². The number of benzene rings is 1. The normalized spacial score (nSPS) is 12.2. The van der Waals surface area contributed by atoms with Crippen molar-refractivity contribution in [3.05, 3.63) is 59.9 Å². The number of hydrogen-bond acceptors (Lipinski definition) is 5. The fourth-order valence-electron chi connectivity index (χ4n) is 2.55. The molecule has 29 heavy (non-hydrogen) atoms. The Morgan fingerprint density at radius 3 is 2.45 bits per heavy atom. The molecule has 10 heteroatoms. The molecule has 0 saturated heterocycles. The van der Waals surface area contributed by atoms with Crippen LogP contribution < -0.4 is 4.74 Å². The Morgan fingerprint density at radius 1 is 1.14 bits per heavy atom. The van der Waals surface area contributed by atoms with Gasteiger partial charge in [-0.3, -0.25) is 0 Å². The number of methoxy groups -OCH3 is 1. The summed E-state index contributed by atoms with van der Waals surface area (Å²) in [6.45, 7) is 1.36. The lowest BCUT2D eigenvalue weighted by molar-refractivity contribution is -0.144. The zero-order valence-electron chi connectivity index (χ0n) is 15.3. The van der Waals surface area contributed by atoms with Crippen molar-refractivity contribution in [2.75, 3.05) is 7.11 Å². The van der Waals surface area contributed by atoms with Crippen LogP contribution in [0.4, 0.5) is 17.6 Å². The smallest absolute Gasteiger partial charge is 0.341 e. The van der Waals surface area contributed by atoms with Gasteiger partial charge >= 0.3 is 5.97 Å². The first-order valence-corrected chi connectivity index (χ1v) is 8.35. The predicted molar refractivity (Wildman–Crippen MR) is 93.8 cm³/mol. The van der Waals surface area contributed by atoms with E-state index in [1.807, 2.05) is 0 Å². The molecule has 0 saturated carbocycles. The number of pyridine rings is 1. The first kappa shape index (κ1) is 20.5. The molecule has 1 atom stereocenters. The van der Waals surface area contributed by atoms with Gasteiger partial charge in [0.2, 0.25) is 5.95 Å². The summed E-state index contributed by atoms with van der Waals surface area (Å²) in [4.78, 5) is 15.5. The van der Waals surface area contributed by atoms with E-state index in [9.17, 15) is 22.4 Å². The van der Waals surface area contributed by atoms with Crippen LogP contribution in [0.3, 0.4) is 0 Å². The molecular weight excluding hydrogens is 394 g/mol. The molecule has 0 aliphatic carbocycles. The third kappa shape index (κ3) is 4.11. The molecule has 3 rings (SSSR count). The second kappa shape index (κ2) is 8.39. The molecule has 0 N–H and O–H groups in total. The molecule has 3 aromatic rings. The number of nitrogens with zero attached hydrogens (tertiary/aromatic N) is 3. The average Bonchev–Trinajstić information content (AvgIpc) is 3.07. The Balaban J connectivity index is 2.26. The number of halogens is 4. The number of hydrogen-bond donors (Lipinski definition) is 0. The quantitative estimate of drug-likeness (QED) is 0.349. The van der Waals surface area contributed by atoms with Gasteiger partial charge < -0.3 is 9.47 Å². The van der Waals surface area contributed by atoms with Gasteiger partial charge in [-0.1, -0.05) is 12.1 Å². The highest BCUT2D eigenvalue weighted by Crippen LogP contribution is 2.39. The van der Waals surface area contributed by atoms with E-state index in [1.54, 1.807) is 0 Å². The summed E-state index contributed by atoms with van der Waals surface area (Å²) in [5.74, 6) is -3.26. The first-order chi connectivity index (χ1) is 13.8. The average molecular weight is 409 g/mol. The van der Waals surface area contributed by atoms with Crippen molar-refractivity contribution in [3.63, 3.8) is 0 Å². The van der Waals surface area contributed by atoms with Crippen LogP contribution in [0.5, 0.6) is 5.88 Å². The Morgan fingerprint density at radius 2 is 1.86 bits per heavy atom. The lowest BCUT2D eigenvalue weighted by Crippen LogP contribution is -2.25. The number of esters is 1. The molecule has 2 aromatic heterocycles. The fraction of sp³-hybridized carbons (Fsp3) is 0.211. The summed E-state index contributed by atoms with van der Waals surface area (Å²) in [6, 6.07) is 7.46. The van der Waals surface area contributed by atoms with E-state index in [4.69, 9.17) is 9.47 Å². The molecular formula is C19H15F4N3O3. The monoisotopic (exact) mass is 409 g/mol. The van der Waals surface area contributed by atoms with Crippen molar-refractivity contribution in [2.45, 2.75) is 19.5 Å². The Bertz CT molecular complexity index is 1020. The van der Waals surface area contributed by atoms with Crippen LogP contribution in [0.15, 0.2) is 42.6 Å². The van der Waals surface area contributed by atoms with E-state index in [0.29, 0.717) is 0 Å². The van der Waals surface area contributed by atoms with Crippen molar-refractivity contribution in [1.29, 1.82) is 0 Å². The summed E-state index contributed by atoms with van der Waals surface area (Å²) >= 11 is 0. The molecule has 2 heterocycles. The highest BCUT2D eigenvalue weighted by atomic mass is 19.3. The van der Waals surface area contributed by atoms with Gasteiger partial charge in [0.05, 0.1) is 5.69 Å². The van der Waals surface area contributed by atoms with Crippen molar-refractivity contribution in [1.82, 2.24) is 14.8 Å². The lowest BCUT2D eigenvalue weighted by atomic mass is 10.1. The molecule has 0 aliphatic rings. The third-order valence-electron chi connectivity index (χ3n) is 4.07. The minimum absolute atomic E-state index is 0.0274. The van der Waals surface area contributed by atoms with Gasteiger partial charge in [-0.2, -0.15) is 4.39 Å². The van der Waals surface area contributed by atoms with E-state index >= 15 is 0 Å². The van der Waals surface area contributed by atoms with E-state index in [-0.39, 0.29) is 16.9 Å². The van der Waals surface area contributed by atoms with Gasteiger partial charge in [-0.15, -0.1) is 5.10 Å². The zero-order chi connectivity index (χ0) is 21.1. The van der Waals surface area contributed by atoms with E-state index in [0.717, 1.165) is 23.0 Å². The zero-order valence-corrected chi connectivity index (χ0v) is 15.3. The molecule has 1 unspecified atom stereocenters. The maximum Gasteiger partial charge on any atom is 0.341 e. The summed E-state index contributed by atoms with van der Waals surface area (Å²) in [6.07, 6.45) is -3.19. The maximum atomic E-state index is 14.4. The topological polar surface area (TPSA) is 66.2 Å². The number of para-hydroxylation sites is 1. The van der Waals surface area contributed by atoms with E-state index in [2.05, 4.69) is 10.1 Å². The van der Waals surface area contributed by atoms with Crippen LogP contribution in [-0.2, 0) is 9.53 Å². The number of aromatic nitrogens is 3. The van der Waals surface area contributed by atoms with Crippen molar-refractivity contribution in [3.8, 4) is 22.8 Å². The molecule has 6 nitrogen and oxygen atoms in total. The van der Waals surface area contributed by atoms with Crippen LogP contribution in [0, 0.1) is 11.8 Å². The molecule has 0 amide bonds. The van der Waals surface area contributed by atoms with Crippen molar-refractivity contribution >= 4 is 5.97 Å². The molecule has 0 spiro atoms. The molecule has 152 valence electrons. The molecule has 1 aromatic carbocycles. The van der Waals surface area contributed by atoms with Gasteiger partial charge in [0.1, 0.15) is 17.1 Å². The van der Waals surface area contributed by atoms with Crippen LogP contribution in [0.25, 0.3) is 16.9 Å². The van der Waals surface area contributed by atoms with Gasteiger partial charge in [0.15, 0.2) is 6.10 Å². The number of rotatable bonds is 6. The van der Waals surface area contributed by atoms with Gasteiger partial charge in [-0.05, 0) is 31.2 Å². The molecule has 0 radical (unpaired) electrons. The predicted octanol–water partition coefficient (Wildman–Crippen LogP) is 4.09. The number of alkyl halides is 2. The molecule has 0 bridgehead atoms. The fourth-order valence-corrected chi connectivity index (χ4v) is 2.55. The second-order valence-electron chi connectivity index (χ2n) is 5.90. The Hall–Kier alpha value is -3.27. The van der Waals surface area contributed by atoms with E-state index in [1.165, 1.54) is 38.3 Å². The van der Waals surface area contributed by atoms with Crippen LogP contribution in [0.2, 0.25) is 0 Å². The van der Waals surface area contributed by atoms with Crippen LogP contribution in [0.1, 0.15) is 18.9 Å². The van der Waals surface area contributed by atoms with Gasteiger partial charge in [0, 0.05) is 18.9 Å². The molecule has 0 aliphatic heterocycles. The summed E-state index contributed by atoms with van der Waals surface area (Å²) in [5.41, 5.74) is -1.20. The second-order valence-corrected chi connectivity index (χ2v) is 5.90. The van der Waals surface area contributed by atoms with Crippen molar-refractivity contribution in [2.24, 2.45) is 0 Å². The SMILES string of the molecule is COC(C)C(=O)Oc1nn(-c2ccccc2F)c(-c2ccc(F)nc2)c1C(F)F. The van der Waals surface area contributed by atoms with Gasteiger partial charge in [0.25, 0.3) is 12.3 Å². The summed E-state index contributed by atoms with van der Waals surface area (Å²) in [5, 5.41) is 3.89. The van der Waals surface area contributed by atoms with Gasteiger partial charge in [-0.25, -0.2) is 27.6 Å². The number of carbonyl (C=O) groups excluding carboxylic acids is 1. The van der Waals surface area contributed by atoms with Crippen molar-refractivity contribution < 1.29 is 31.8 Å². The summed E-state index contributed by atoms with van der Waals surface area (Å²) < 4.78 is 66.2. The first-order valence-electron chi connectivity index (χ1n) is 8.35. The minimum atomic E-state index is -3.14. The number of ether oxygens (including phenoxy) is 2. The lowest BCUT2D eigenvalue weighted by Gasteiger charge is -2.10. The largest absolute Gasteiger partial charge is 0.403 e. The highest BCUT2D eigenvalue weighted by molar-refractivity contribution is 5.78. The standard InChI is InChI=1S/C19H15F4N3O3/c1-10(28-2)19(27)29-18-15(17(22)23)16(11-7-8-14(21)24-9-11)26(25-18)13-6-4-3-5-12(13)20/h3-10,17H,1-2H3. The van der Waals surface area contributed by atoms with Crippen LogP contribution in [-0.4, -0.2) is 33.9 Å².